The molecule has 5 nitrogen and oxygen atoms in total. The fourth-order valence-corrected chi connectivity index (χ4v) is 3.61. The van der Waals surface area contributed by atoms with E-state index >= 15 is 0 Å². The lowest BCUT2D eigenvalue weighted by Crippen LogP contribution is -2.30. The van der Waals surface area contributed by atoms with Gasteiger partial charge in [-0.3, -0.25) is 4.79 Å². The number of aromatic nitrogens is 3. The lowest BCUT2D eigenvalue weighted by Gasteiger charge is -2.21. The molecule has 118 valence electrons. The number of hydrogen-bond acceptors (Lipinski definition) is 3. The summed E-state index contributed by atoms with van der Waals surface area (Å²) in [7, 11) is 0. The second-order valence-corrected chi connectivity index (χ2v) is 6.30. The summed E-state index contributed by atoms with van der Waals surface area (Å²) in [4.78, 5) is 21.2. The number of fused-ring (bicyclic) bond motifs is 3. The lowest BCUT2D eigenvalue weighted by atomic mass is 9.89. The minimum atomic E-state index is -0.0343. The molecule has 3 aromatic rings. The van der Waals surface area contributed by atoms with Crippen molar-refractivity contribution in [2.24, 2.45) is 5.92 Å². The number of rotatable bonds is 3. The molecule has 0 aromatic carbocycles. The third-order valence-electron chi connectivity index (χ3n) is 4.81. The van der Waals surface area contributed by atoms with Gasteiger partial charge in [-0.2, -0.15) is 0 Å². The van der Waals surface area contributed by atoms with Crippen molar-refractivity contribution < 1.29 is 4.79 Å². The maximum Gasteiger partial charge on any atom is 0.255 e. The Morgan fingerprint density at radius 1 is 1.22 bits per heavy atom. The molecule has 0 atom stereocenters. The highest BCUT2D eigenvalue weighted by Crippen LogP contribution is 2.25. The molecule has 0 aliphatic heterocycles. The molecule has 0 spiro atoms. The zero-order valence-electron chi connectivity index (χ0n) is 13.0. The van der Waals surface area contributed by atoms with Gasteiger partial charge in [0.15, 0.2) is 0 Å². The van der Waals surface area contributed by atoms with Gasteiger partial charge in [-0.1, -0.05) is 25.3 Å². The van der Waals surface area contributed by atoms with E-state index in [2.05, 4.69) is 15.3 Å². The van der Waals surface area contributed by atoms with Crippen LogP contribution in [0.1, 0.15) is 42.5 Å². The van der Waals surface area contributed by atoms with Crippen LogP contribution in [0.3, 0.4) is 0 Å². The molecule has 0 bridgehead atoms. The van der Waals surface area contributed by atoms with Gasteiger partial charge in [0, 0.05) is 12.7 Å². The van der Waals surface area contributed by atoms with Crippen molar-refractivity contribution in [3.63, 3.8) is 0 Å². The summed E-state index contributed by atoms with van der Waals surface area (Å²) in [6, 6.07) is 5.85. The number of carbonyl (C=O) groups excluding carboxylic acids is 1. The van der Waals surface area contributed by atoms with Crippen molar-refractivity contribution in [3.8, 4) is 0 Å². The average Bonchev–Trinajstić information content (AvgIpc) is 2.95. The van der Waals surface area contributed by atoms with Gasteiger partial charge in [0.1, 0.15) is 11.8 Å². The van der Waals surface area contributed by atoms with Gasteiger partial charge < -0.3 is 9.72 Å². The third-order valence-corrected chi connectivity index (χ3v) is 4.81. The van der Waals surface area contributed by atoms with Gasteiger partial charge in [-0.05, 0) is 30.9 Å². The Morgan fingerprint density at radius 3 is 2.96 bits per heavy atom. The summed E-state index contributed by atoms with van der Waals surface area (Å²) in [5, 5.41) is 3.13. The smallest absolute Gasteiger partial charge is 0.255 e. The Hall–Kier alpha value is -2.43. The van der Waals surface area contributed by atoms with Gasteiger partial charge in [0.2, 0.25) is 0 Å². The van der Waals surface area contributed by atoms with Crippen molar-refractivity contribution in [1.29, 1.82) is 0 Å². The van der Waals surface area contributed by atoms with Gasteiger partial charge in [0.05, 0.1) is 22.8 Å². The summed E-state index contributed by atoms with van der Waals surface area (Å²) in [6.07, 6.45) is 11.5. The molecule has 23 heavy (non-hydrogen) atoms. The van der Waals surface area contributed by atoms with Crippen LogP contribution in [0.25, 0.3) is 16.6 Å². The second kappa shape index (κ2) is 5.99. The SMILES string of the molecule is O=C(NCC1CCCCC1)c1c2ncncc2n2ccccc12. The largest absolute Gasteiger partial charge is 0.352 e. The summed E-state index contributed by atoms with van der Waals surface area (Å²) in [5.41, 5.74) is 3.11. The fraction of sp³-hybridized carbons (Fsp3) is 0.389. The first kappa shape index (κ1) is 14.2. The normalized spacial score (nSPS) is 16.0. The van der Waals surface area contributed by atoms with Crippen LogP contribution in [0.4, 0.5) is 0 Å². The number of nitrogens with zero attached hydrogens (tertiary/aromatic N) is 3. The monoisotopic (exact) mass is 308 g/mol. The molecule has 5 heteroatoms. The summed E-state index contributed by atoms with van der Waals surface area (Å²) in [5.74, 6) is 0.579. The predicted molar refractivity (Wildman–Crippen MR) is 89.4 cm³/mol. The molecule has 1 aliphatic rings. The van der Waals surface area contributed by atoms with Crippen molar-refractivity contribution in [2.75, 3.05) is 6.54 Å². The summed E-state index contributed by atoms with van der Waals surface area (Å²) >= 11 is 0. The van der Waals surface area contributed by atoms with Crippen LogP contribution >= 0.6 is 0 Å². The molecular formula is C18H20N4O. The number of amides is 1. The first-order valence-corrected chi connectivity index (χ1v) is 8.31. The molecule has 1 N–H and O–H groups in total. The molecule has 0 saturated heterocycles. The van der Waals surface area contributed by atoms with Crippen LogP contribution in [0.15, 0.2) is 36.9 Å². The topological polar surface area (TPSA) is 59.3 Å². The Bertz CT molecular complexity index is 795. The summed E-state index contributed by atoms with van der Waals surface area (Å²) < 4.78 is 1.98. The molecule has 1 aliphatic carbocycles. The zero-order valence-corrected chi connectivity index (χ0v) is 13.0. The zero-order chi connectivity index (χ0) is 15.6. The summed E-state index contributed by atoms with van der Waals surface area (Å²) in [6.45, 7) is 0.760. The van der Waals surface area contributed by atoms with Gasteiger partial charge in [0.25, 0.3) is 5.91 Å². The molecular weight excluding hydrogens is 288 g/mol. The maximum absolute atomic E-state index is 12.8. The van der Waals surface area contributed by atoms with Crippen LogP contribution in [-0.2, 0) is 0 Å². The number of pyridine rings is 1. The van der Waals surface area contributed by atoms with Crippen LogP contribution < -0.4 is 5.32 Å². The van der Waals surface area contributed by atoms with E-state index in [1.165, 1.54) is 38.4 Å². The Morgan fingerprint density at radius 2 is 2.09 bits per heavy atom. The van der Waals surface area contributed by atoms with Crippen LogP contribution in [0.2, 0.25) is 0 Å². The van der Waals surface area contributed by atoms with Crippen LogP contribution in [-0.4, -0.2) is 26.8 Å². The van der Waals surface area contributed by atoms with E-state index in [0.717, 1.165) is 17.6 Å². The van der Waals surface area contributed by atoms with E-state index in [0.29, 0.717) is 17.0 Å². The minimum Gasteiger partial charge on any atom is -0.352 e. The molecule has 0 radical (unpaired) electrons. The third kappa shape index (κ3) is 2.56. The van der Waals surface area contributed by atoms with Gasteiger partial charge in [-0.15, -0.1) is 0 Å². The first-order valence-electron chi connectivity index (χ1n) is 8.31. The van der Waals surface area contributed by atoms with Crippen molar-refractivity contribution in [1.82, 2.24) is 19.7 Å². The Balaban J connectivity index is 1.67. The highest BCUT2D eigenvalue weighted by Gasteiger charge is 2.20. The van der Waals surface area contributed by atoms with Crippen LogP contribution in [0.5, 0.6) is 0 Å². The predicted octanol–water partition coefficient (Wildman–Crippen LogP) is 3.19. The van der Waals surface area contributed by atoms with E-state index in [-0.39, 0.29) is 5.91 Å². The Labute approximate surface area is 134 Å². The van der Waals surface area contributed by atoms with E-state index in [9.17, 15) is 4.79 Å². The van der Waals surface area contributed by atoms with Crippen LogP contribution in [0, 0.1) is 5.92 Å². The standard InChI is InChI=1S/C18H20N4O/c23-18(20-10-13-6-2-1-3-7-13)16-14-8-4-5-9-22(14)15-11-19-12-21-17(15)16/h4-5,8-9,11-13H,1-3,6-7,10H2,(H,20,23). The van der Waals surface area contributed by atoms with E-state index in [1.54, 1.807) is 6.20 Å². The lowest BCUT2D eigenvalue weighted by molar-refractivity contribution is 0.0946. The molecule has 1 fully saturated rings. The first-order chi connectivity index (χ1) is 11.3. The molecule has 3 heterocycles. The maximum atomic E-state index is 12.8. The van der Waals surface area contributed by atoms with Crippen molar-refractivity contribution in [3.05, 3.63) is 42.5 Å². The number of carbonyl (C=O) groups is 1. The minimum absolute atomic E-state index is 0.0343. The number of hydrogen-bond donors (Lipinski definition) is 1. The second-order valence-electron chi connectivity index (χ2n) is 6.30. The van der Waals surface area contributed by atoms with Gasteiger partial charge in [-0.25, -0.2) is 9.97 Å². The highest BCUT2D eigenvalue weighted by atomic mass is 16.1. The highest BCUT2D eigenvalue weighted by molar-refractivity contribution is 6.12. The molecule has 3 aromatic heterocycles. The molecule has 0 unspecified atom stereocenters. The van der Waals surface area contributed by atoms with E-state index in [1.807, 2.05) is 28.8 Å². The Kier molecular flexibility index (Phi) is 3.69. The quantitative estimate of drug-likeness (QED) is 0.808. The number of nitrogens with one attached hydrogen (secondary N) is 1. The average molecular weight is 308 g/mol. The van der Waals surface area contributed by atoms with Gasteiger partial charge >= 0.3 is 0 Å². The fourth-order valence-electron chi connectivity index (χ4n) is 3.61. The molecule has 1 amide bonds. The van der Waals surface area contributed by atoms with E-state index < -0.39 is 0 Å². The van der Waals surface area contributed by atoms with Crippen molar-refractivity contribution >= 4 is 22.5 Å². The molecule has 4 rings (SSSR count). The van der Waals surface area contributed by atoms with Crippen molar-refractivity contribution in [2.45, 2.75) is 32.1 Å². The molecule has 1 saturated carbocycles. The van der Waals surface area contributed by atoms with E-state index in [4.69, 9.17) is 0 Å².